The Labute approximate surface area is 152 Å². The van der Waals surface area contributed by atoms with E-state index in [1.165, 1.54) is 0 Å². The summed E-state index contributed by atoms with van der Waals surface area (Å²) < 4.78 is 6.24. The molecule has 1 amide bonds. The van der Waals surface area contributed by atoms with Crippen LogP contribution in [0.4, 0.5) is 0 Å². The van der Waals surface area contributed by atoms with Gasteiger partial charge in [-0.25, -0.2) is 0 Å². The third-order valence-electron chi connectivity index (χ3n) is 3.08. The molecule has 0 aromatic heterocycles. The van der Waals surface area contributed by atoms with Gasteiger partial charge in [0.15, 0.2) is 5.96 Å². The molecule has 6 nitrogen and oxygen atoms in total. The predicted molar refractivity (Wildman–Crippen MR) is 102 cm³/mol. The second kappa shape index (κ2) is 12.8. The topological polar surface area (TPSA) is 74.8 Å². The number of hydrogen-bond acceptors (Lipinski definition) is 3. The molecule has 0 radical (unpaired) electrons. The van der Waals surface area contributed by atoms with Gasteiger partial charge in [0.2, 0.25) is 0 Å². The fourth-order valence-corrected chi connectivity index (χ4v) is 2.17. The Kier molecular flexibility index (Phi) is 10.9. The highest BCUT2D eigenvalue weighted by molar-refractivity contribution is 9.10. The minimum absolute atomic E-state index is 0.0618. The van der Waals surface area contributed by atoms with E-state index in [4.69, 9.17) is 4.74 Å². The quantitative estimate of drug-likeness (QED) is 0.320. The minimum atomic E-state index is -0.0618. The molecule has 0 saturated carbocycles. The molecule has 1 rings (SSSR count). The number of benzene rings is 1. The van der Waals surface area contributed by atoms with Crippen molar-refractivity contribution in [3.05, 3.63) is 34.3 Å². The van der Waals surface area contributed by atoms with E-state index >= 15 is 0 Å². The van der Waals surface area contributed by atoms with E-state index in [0.29, 0.717) is 31.9 Å². The molecule has 0 bridgehead atoms. The lowest BCUT2D eigenvalue weighted by molar-refractivity contribution is 0.0953. The Bertz CT molecular complexity index is 506. The highest BCUT2D eigenvalue weighted by Gasteiger charge is 2.03. The van der Waals surface area contributed by atoms with Gasteiger partial charge in [-0.2, -0.15) is 0 Å². The number of guanidine groups is 1. The summed E-state index contributed by atoms with van der Waals surface area (Å²) in [5.74, 6) is 0.713. The maximum Gasteiger partial charge on any atom is 0.251 e. The summed E-state index contributed by atoms with van der Waals surface area (Å²) in [5.41, 5.74) is 0.660. The first-order chi connectivity index (χ1) is 11.7. The molecule has 0 heterocycles. The number of carbonyl (C=O) groups excluding carboxylic acids is 1. The van der Waals surface area contributed by atoms with Crippen LogP contribution in [0.2, 0.25) is 0 Å². The van der Waals surface area contributed by atoms with Crippen molar-refractivity contribution >= 4 is 27.8 Å². The molecule has 0 aliphatic carbocycles. The van der Waals surface area contributed by atoms with Crippen LogP contribution in [0.25, 0.3) is 0 Å². The fraction of sp³-hybridized carbons (Fsp3) is 0.529. The van der Waals surface area contributed by atoms with E-state index in [9.17, 15) is 4.79 Å². The Morgan fingerprint density at radius 2 is 1.88 bits per heavy atom. The molecule has 0 aliphatic heterocycles. The first-order valence-electron chi connectivity index (χ1n) is 8.31. The molecule has 1 aromatic rings. The van der Waals surface area contributed by atoms with Crippen LogP contribution in [-0.2, 0) is 4.74 Å². The number of rotatable bonds is 10. The lowest BCUT2D eigenvalue weighted by Crippen LogP contribution is -2.39. The Hall–Kier alpha value is -1.60. The summed E-state index contributed by atoms with van der Waals surface area (Å²) in [4.78, 5) is 16.4. The number of ether oxygens (including phenoxy) is 1. The molecule has 0 aliphatic rings. The van der Waals surface area contributed by atoms with Crippen molar-refractivity contribution in [3.63, 3.8) is 0 Å². The monoisotopic (exact) mass is 398 g/mol. The minimum Gasteiger partial charge on any atom is -0.380 e. The van der Waals surface area contributed by atoms with E-state index < -0.39 is 0 Å². The largest absolute Gasteiger partial charge is 0.380 e. The van der Waals surface area contributed by atoms with Crippen LogP contribution in [0.5, 0.6) is 0 Å². The summed E-state index contributed by atoms with van der Waals surface area (Å²) >= 11 is 3.35. The number of hydrogen-bond donors (Lipinski definition) is 3. The molecule has 0 spiro atoms. The van der Waals surface area contributed by atoms with Crippen LogP contribution < -0.4 is 16.0 Å². The van der Waals surface area contributed by atoms with Crippen molar-refractivity contribution < 1.29 is 9.53 Å². The average molecular weight is 399 g/mol. The Morgan fingerprint density at radius 1 is 1.12 bits per heavy atom. The summed E-state index contributed by atoms with van der Waals surface area (Å²) in [7, 11) is 0. The number of aliphatic imine (C=N–C) groups is 1. The van der Waals surface area contributed by atoms with Gasteiger partial charge in [0.25, 0.3) is 5.91 Å². The van der Waals surface area contributed by atoms with Crippen LogP contribution in [0.15, 0.2) is 33.7 Å². The number of carbonyl (C=O) groups is 1. The zero-order chi connectivity index (χ0) is 17.6. The third kappa shape index (κ3) is 8.88. The molecule has 7 heteroatoms. The number of halogens is 1. The van der Waals surface area contributed by atoms with Gasteiger partial charge in [-0.05, 0) is 44.5 Å². The van der Waals surface area contributed by atoms with E-state index in [1.54, 1.807) is 12.1 Å². The van der Waals surface area contributed by atoms with Gasteiger partial charge in [-0.3, -0.25) is 9.79 Å². The van der Waals surface area contributed by atoms with E-state index in [0.717, 1.165) is 29.9 Å². The predicted octanol–water partition coefficient (Wildman–Crippen LogP) is 2.16. The second-order valence-corrected chi connectivity index (χ2v) is 5.92. The molecule has 0 saturated heterocycles. The summed E-state index contributed by atoms with van der Waals surface area (Å²) in [6.07, 6.45) is 0.782. The molecule has 0 atom stereocenters. The van der Waals surface area contributed by atoms with Crippen LogP contribution in [-0.4, -0.2) is 51.3 Å². The number of nitrogens with zero attached hydrogens (tertiary/aromatic N) is 1. The molecular weight excluding hydrogens is 372 g/mol. The van der Waals surface area contributed by atoms with Crippen molar-refractivity contribution in [2.45, 2.75) is 20.3 Å². The van der Waals surface area contributed by atoms with Gasteiger partial charge in [0, 0.05) is 42.8 Å². The van der Waals surface area contributed by atoms with Crippen molar-refractivity contribution in [1.29, 1.82) is 0 Å². The van der Waals surface area contributed by atoms with E-state index in [1.807, 2.05) is 26.0 Å². The maximum absolute atomic E-state index is 12.0. The maximum atomic E-state index is 12.0. The van der Waals surface area contributed by atoms with Crippen molar-refractivity contribution in [2.24, 2.45) is 4.99 Å². The van der Waals surface area contributed by atoms with Crippen molar-refractivity contribution in [1.82, 2.24) is 16.0 Å². The van der Waals surface area contributed by atoms with Crippen LogP contribution in [0.1, 0.15) is 30.6 Å². The molecule has 1 aromatic carbocycles. The van der Waals surface area contributed by atoms with Crippen LogP contribution in [0.3, 0.4) is 0 Å². The normalized spacial score (nSPS) is 11.2. The van der Waals surface area contributed by atoms with Gasteiger partial charge >= 0.3 is 0 Å². The number of nitrogens with one attached hydrogen (secondary N) is 3. The highest BCUT2D eigenvalue weighted by atomic mass is 79.9. The second-order valence-electron chi connectivity index (χ2n) is 5.00. The van der Waals surface area contributed by atoms with Crippen molar-refractivity contribution in [2.75, 3.05) is 39.4 Å². The van der Waals surface area contributed by atoms with Gasteiger partial charge in [-0.15, -0.1) is 0 Å². The zero-order valence-electron chi connectivity index (χ0n) is 14.4. The van der Waals surface area contributed by atoms with Gasteiger partial charge in [0.1, 0.15) is 0 Å². The molecule has 0 fully saturated rings. The smallest absolute Gasteiger partial charge is 0.251 e. The zero-order valence-corrected chi connectivity index (χ0v) is 16.0. The van der Waals surface area contributed by atoms with Crippen LogP contribution >= 0.6 is 15.9 Å². The van der Waals surface area contributed by atoms with Crippen molar-refractivity contribution in [3.8, 4) is 0 Å². The van der Waals surface area contributed by atoms with Gasteiger partial charge in [0.05, 0.1) is 6.61 Å². The van der Waals surface area contributed by atoms with Gasteiger partial charge < -0.3 is 20.7 Å². The Morgan fingerprint density at radius 3 is 2.54 bits per heavy atom. The molecule has 134 valence electrons. The molecule has 0 unspecified atom stereocenters. The molecular formula is C17H27BrN4O2. The fourth-order valence-electron chi connectivity index (χ4n) is 1.90. The third-order valence-corrected chi connectivity index (χ3v) is 3.61. The SMILES string of the molecule is CCNC(=NCCCNC(=O)c1ccc(Br)cc1)NCCOCC. The first-order valence-corrected chi connectivity index (χ1v) is 9.10. The number of amides is 1. The summed E-state index contributed by atoms with van der Waals surface area (Å²) in [5, 5.41) is 9.29. The van der Waals surface area contributed by atoms with Gasteiger partial charge in [-0.1, -0.05) is 15.9 Å². The summed E-state index contributed by atoms with van der Waals surface area (Å²) in [6, 6.07) is 7.30. The standard InChI is InChI=1S/C17H27BrN4O2/c1-3-19-17(22-12-13-24-4-2)21-11-5-10-20-16(23)14-6-8-15(18)9-7-14/h6-9H,3-5,10-13H2,1-2H3,(H,20,23)(H2,19,21,22). The summed E-state index contributed by atoms with van der Waals surface area (Å²) in [6.45, 7) is 8.14. The Balaban J connectivity index is 2.25. The average Bonchev–Trinajstić information content (AvgIpc) is 2.58. The molecule has 3 N–H and O–H groups in total. The first kappa shape index (κ1) is 20.4. The highest BCUT2D eigenvalue weighted by Crippen LogP contribution is 2.10. The molecule has 24 heavy (non-hydrogen) atoms. The van der Waals surface area contributed by atoms with Crippen LogP contribution in [0, 0.1) is 0 Å². The van der Waals surface area contributed by atoms with E-state index in [2.05, 4.69) is 36.9 Å². The van der Waals surface area contributed by atoms with E-state index in [-0.39, 0.29) is 5.91 Å². The lowest BCUT2D eigenvalue weighted by atomic mass is 10.2. The lowest BCUT2D eigenvalue weighted by Gasteiger charge is -2.11.